The predicted molar refractivity (Wildman–Crippen MR) is 69.5 cm³/mol. The Morgan fingerprint density at radius 3 is 3.28 bits per heavy atom. The molecular formula is C13H15NO3S. The molecule has 1 aliphatic rings. The second kappa shape index (κ2) is 6.55. The summed E-state index contributed by atoms with van der Waals surface area (Å²) in [6.07, 6.45) is 1.01. The van der Waals surface area contributed by atoms with Crippen LogP contribution in [0.3, 0.4) is 0 Å². The molecule has 1 aliphatic heterocycles. The third-order valence-electron chi connectivity index (χ3n) is 2.73. The maximum absolute atomic E-state index is 11.8. The van der Waals surface area contributed by atoms with Crippen LogP contribution < -0.4 is 5.32 Å². The average Bonchev–Trinajstić information content (AvgIpc) is 3.04. The van der Waals surface area contributed by atoms with Gasteiger partial charge in [-0.05, 0) is 12.5 Å². The lowest BCUT2D eigenvalue weighted by molar-refractivity contribution is 0.0945. The fraction of sp³-hybridized carbons (Fsp3) is 0.462. The lowest BCUT2D eigenvalue weighted by atomic mass is 10.1. The van der Waals surface area contributed by atoms with Crippen LogP contribution in [0.5, 0.6) is 0 Å². The number of hydrogen-bond acceptors (Lipinski definition) is 4. The Morgan fingerprint density at radius 2 is 2.56 bits per heavy atom. The van der Waals surface area contributed by atoms with Gasteiger partial charge in [-0.25, -0.2) is 0 Å². The van der Waals surface area contributed by atoms with Crippen LogP contribution in [0.25, 0.3) is 0 Å². The first kappa shape index (κ1) is 13.1. The standard InChI is InChI=1S/C13H15NO3S/c15-4-1-2-12-6-11(9-18-12)13(16)14-7-10-3-5-17-8-10/h6,9-10,15H,3-5,7-8H2,(H,14,16). The van der Waals surface area contributed by atoms with Crippen molar-refractivity contribution in [3.63, 3.8) is 0 Å². The third kappa shape index (κ3) is 3.57. The van der Waals surface area contributed by atoms with E-state index in [1.54, 1.807) is 11.4 Å². The molecule has 1 saturated heterocycles. The number of carbonyl (C=O) groups is 1. The summed E-state index contributed by atoms with van der Waals surface area (Å²) >= 11 is 1.41. The highest BCUT2D eigenvalue weighted by Crippen LogP contribution is 2.14. The lowest BCUT2D eigenvalue weighted by Crippen LogP contribution is -2.29. The molecule has 2 heterocycles. The Kier molecular flexibility index (Phi) is 4.76. The van der Waals surface area contributed by atoms with Crippen molar-refractivity contribution in [1.82, 2.24) is 5.32 Å². The minimum atomic E-state index is -0.166. The molecule has 1 aromatic heterocycles. The summed E-state index contributed by atoms with van der Waals surface area (Å²) in [7, 11) is 0. The van der Waals surface area contributed by atoms with Crippen LogP contribution in [-0.4, -0.2) is 37.4 Å². The van der Waals surface area contributed by atoms with Gasteiger partial charge in [0.05, 0.1) is 17.0 Å². The van der Waals surface area contributed by atoms with E-state index in [0.717, 1.165) is 24.5 Å². The molecule has 0 aliphatic carbocycles. The van der Waals surface area contributed by atoms with Gasteiger partial charge in [0, 0.05) is 24.4 Å². The van der Waals surface area contributed by atoms with E-state index in [1.807, 2.05) is 0 Å². The number of thiophene rings is 1. The van der Waals surface area contributed by atoms with Gasteiger partial charge in [-0.15, -0.1) is 11.3 Å². The number of hydrogen-bond donors (Lipinski definition) is 2. The molecule has 5 heteroatoms. The van der Waals surface area contributed by atoms with E-state index in [1.165, 1.54) is 11.3 Å². The number of ether oxygens (including phenoxy) is 1. The van der Waals surface area contributed by atoms with Gasteiger partial charge in [-0.2, -0.15) is 0 Å². The molecule has 0 spiro atoms. The predicted octanol–water partition coefficient (Wildman–Crippen LogP) is 0.858. The van der Waals surface area contributed by atoms with Gasteiger partial charge in [0.15, 0.2) is 0 Å². The van der Waals surface area contributed by atoms with Crippen LogP contribution in [-0.2, 0) is 4.74 Å². The molecule has 96 valence electrons. The molecule has 1 fully saturated rings. The van der Waals surface area contributed by atoms with Crippen molar-refractivity contribution in [2.24, 2.45) is 5.92 Å². The molecular weight excluding hydrogens is 250 g/mol. The van der Waals surface area contributed by atoms with Gasteiger partial charge in [0.1, 0.15) is 6.61 Å². The van der Waals surface area contributed by atoms with Crippen LogP contribution in [0.4, 0.5) is 0 Å². The lowest BCUT2D eigenvalue weighted by Gasteiger charge is -2.08. The molecule has 18 heavy (non-hydrogen) atoms. The second-order valence-corrected chi connectivity index (χ2v) is 5.01. The average molecular weight is 265 g/mol. The Balaban J connectivity index is 1.86. The summed E-state index contributed by atoms with van der Waals surface area (Å²) in [5.41, 5.74) is 0.626. The highest BCUT2D eigenvalue weighted by atomic mass is 32.1. The molecule has 1 aromatic rings. The molecule has 0 radical (unpaired) electrons. The molecule has 0 saturated carbocycles. The van der Waals surface area contributed by atoms with E-state index in [2.05, 4.69) is 17.2 Å². The van der Waals surface area contributed by atoms with Gasteiger partial charge >= 0.3 is 0 Å². The molecule has 2 rings (SSSR count). The quantitative estimate of drug-likeness (QED) is 0.797. The normalized spacial score (nSPS) is 18.2. The van der Waals surface area contributed by atoms with Crippen LogP contribution >= 0.6 is 11.3 Å². The van der Waals surface area contributed by atoms with Crippen molar-refractivity contribution in [2.75, 3.05) is 26.4 Å². The maximum Gasteiger partial charge on any atom is 0.252 e. The fourth-order valence-corrected chi connectivity index (χ4v) is 2.49. The Bertz CT molecular complexity index is 466. The van der Waals surface area contributed by atoms with Crippen molar-refractivity contribution in [3.8, 4) is 11.8 Å². The maximum atomic E-state index is 11.8. The largest absolute Gasteiger partial charge is 0.384 e. The topological polar surface area (TPSA) is 58.6 Å². The monoisotopic (exact) mass is 265 g/mol. The van der Waals surface area contributed by atoms with Crippen LogP contribution in [0.2, 0.25) is 0 Å². The van der Waals surface area contributed by atoms with E-state index in [-0.39, 0.29) is 12.5 Å². The van der Waals surface area contributed by atoms with Crippen LogP contribution in [0.1, 0.15) is 21.7 Å². The van der Waals surface area contributed by atoms with Gasteiger partial charge in [0.25, 0.3) is 5.91 Å². The minimum absolute atomic E-state index is 0.0739. The van der Waals surface area contributed by atoms with Gasteiger partial charge < -0.3 is 15.2 Å². The zero-order valence-corrected chi connectivity index (χ0v) is 10.8. The summed E-state index contributed by atoms with van der Waals surface area (Å²) in [4.78, 5) is 12.6. The molecule has 0 bridgehead atoms. The van der Waals surface area contributed by atoms with Crippen molar-refractivity contribution < 1.29 is 14.6 Å². The van der Waals surface area contributed by atoms with Crippen molar-refractivity contribution in [3.05, 3.63) is 21.9 Å². The van der Waals surface area contributed by atoms with E-state index in [4.69, 9.17) is 9.84 Å². The zero-order valence-electron chi connectivity index (χ0n) is 9.94. The summed E-state index contributed by atoms with van der Waals surface area (Å²) in [6.45, 7) is 2.02. The van der Waals surface area contributed by atoms with Crippen molar-refractivity contribution in [1.29, 1.82) is 0 Å². The first-order valence-electron chi connectivity index (χ1n) is 5.84. The molecule has 1 unspecified atom stereocenters. The molecule has 4 nitrogen and oxygen atoms in total. The van der Waals surface area contributed by atoms with Gasteiger partial charge in [0.2, 0.25) is 0 Å². The van der Waals surface area contributed by atoms with Gasteiger partial charge in [-0.1, -0.05) is 11.8 Å². The number of amides is 1. The Hall–Kier alpha value is -1.35. The number of aliphatic hydroxyl groups excluding tert-OH is 1. The summed E-state index contributed by atoms with van der Waals surface area (Å²) in [5, 5.41) is 13.3. The Labute approximate surface area is 110 Å². The highest BCUT2D eigenvalue weighted by Gasteiger charge is 2.17. The van der Waals surface area contributed by atoms with E-state index in [9.17, 15) is 4.79 Å². The van der Waals surface area contributed by atoms with E-state index < -0.39 is 0 Å². The summed E-state index contributed by atoms with van der Waals surface area (Å²) in [5.74, 6) is 5.70. The fourth-order valence-electron chi connectivity index (χ4n) is 1.73. The highest BCUT2D eigenvalue weighted by molar-refractivity contribution is 7.10. The number of carbonyl (C=O) groups excluding carboxylic acids is 1. The van der Waals surface area contributed by atoms with Crippen LogP contribution in [0, 0.1) is 17.8 Å². The first-order valence-corrected chi connectivity index (χ1v) is 6.72. The molecule has 2 N–H and O–H groups in total. The minimum Gasteiger partial charge on any atom is -0.384 e. The van der Waals surface area contributed by atoms with Crippen molar-refractivity contribution in [2.45, 2.75) is 6.42 Å². The molecule has 1 amide bonds. The SMILES string of the molecule is O=C(NCC1CCOC1)c1csc(C#CCO)c1. The summed E-state index contributed by atoms with van der Waals surface area (Å²) < 4.78 is 5.25. The number of rotatable bonds is 3. The smallest absolute Gasteiger partial charge is 0.252 e. The first-order chi connectivity index (χ1) is 8.79. The number of nitrogens with one attached hydrogen (secondary N) is 1. The molecule has 0 aromatic carbocycles. The summed E-state index contributed by atoms with van der Waals surface area (Å²) in [6, 6.07) is 1.74. The second-order valence-electron chi connectivity index (χ2n) is 4.10. The third-order valence-corrected chi connectivity index (χ3v) is 3.57. The Morgan fingerprint density at radius 1 is 1.67 bits per heavy atom. The van der Waals surface area contributed by atoms with E-state index >= 15 is 0 Å². The van der Waals surface area contributed by atoms with Gasteiger partial charge in [-0.3, -0.25) is 4.79 Å². The van der Waals surface area contributed by atoms with Crippen LogP contribution in [0.15, 0.2) is 11.4 Å². The zero-order chi connectivity index (χ0) is 12.8. The molecule has 1 atom stereocenters. The number of aliphatic hydroxyl groups is 1. The van der Waals surface area contributed by atoms with E-state index in [0.29, 0.717) is 18.0 Å². The van der Waals surface area contributed by atoms with Crippen molar-refractivity contribution >= 4 is 17.2 Å².